The first kappa shape index (κ1) is 29.9. The molecule has 10 rings (SSSR count). The van der Waals surface area contributed by atoms with Crippen LogP contribution in [0.3, 0.4) is 0 Å². The van der Waals surface area contributed by atoms with Gasteiger partial charge in [0.05, 0.1) is 0 Å². The van der Waals surface area contributed by atoms with Crippen molar-refractivity contribution >= 4 is 59.3 Å². The van der Waals surface area contributed by atoms with E-state index in [2.05, 4.69) is 195 Å². The Labute approximate surface area is 302 Å². The quantitative estimate of drug-likeness (QED) is 0.176. The Kier molecular flexibility index (Phi) is 6.78. The summed E-state index contributed by atoms with van der Waals surface area (Å²) in [6.07, 6.45) is 0. The van der Waals surface area contributed by atoms with Gasteiger partial charge < -0.3 is 4.90 Å². The summed E-state index contributed by atoms with van der Waals surface area (Å²) in [6, 6.07) is 64.9. The second-order valence-corrected chi connectivity index (χ2v) is 15.3. The van der Waals surface area contributed by atoms with E-state index in [1.807, 2.05) is 11.3 Å². The van der Waals surface area contributed by atoms with Gasteiger partial charge in [-0.3, -0.25) is 0 Å². The van der Waals surface area contributed by atoms with E-state index in [1.165, 1.54) is 75.5 Å². The molecule has 51 heavy (non-hydrogen) atoms. The average molecular weight is 670 g/mol. The van der Waals surface area contributed by atoms with E-state index >= 15 is 0 Å². The first-order valence-electron chi connectivity index (χ1n) is 17.7. The van der Waals surface area contributed by atoms with Crippen LogP contribution >= 0.6 is 11.3 Å². The molecular weight excluding hydrogens is 635 g/mol. The second kappa shape index (κ2) is 11.6. The highest BCUT2D eigenvalue weighted by Crippen LogP contribution is 2.51. The lowest BCUT2D eigenvalue weighted by Crippen LogP contribution is -2.16. The van der Waals surface area contributed by atoms with Crippen molar-refractivity contribution in [2.24, 2.45) is 0 Å². The van der Waals surface area contributed by atoms with Gasteiger partial charge in [-0.05, 0) is 116 Å². The number of nitrogens with zero attached hydrogens (tertiary/aromatic N) is 1. The molecule has 0 N–H and O–H groups in total. The van der Waals surface area contributed by atoms with Gasteiger partial charge in [0, 0.05) is 42.6 Å². The van der Waals surface area contributed by atoms with E-state index < -0.39 is 0 Å². The fourth-order valence-electron chi connectivity index (χ4n) is 8.18. The highest BCUT2D eigenvalue weighted by atomic mass is 32.1. The second-order valence-electron chi connectivity index (χ2n) is 14.2. The van der Waals surface area contributed by atoms with Gasteiger partial charge in [0.2, 0.25) is 0 Å². The van der Waals surface area contributed by atoms with Crippen LogP contribution in [0.2, 0.25) is 0 Å². The van der Waals surface area contributed by atoms with Crippen LogP contribution in [0.5, 0.6) is 0 Å². The molecule has 0 bridgehead atoms. The lowest BCUT2D eigenvalue weighted by Gasteiger charge is -2.28. The van der Waals surface area contributed by atoms with Crippen LogP contribution in [0.15, 0.2) is 176 Å². The Morgan fingerprint density at radius 2 is 1.06 bits per heavy atom. The molecule has 1 aliphatic rings. The fraction of sp³-hybridized carbons (Fsp3) is 0.0612. The van der Waals surface area contributed by atoms with Crippen LogP contribution in [0.4, 0.5) is 17.1 Å². The summed E-state index contributed by atoms with van der Waals surface area (Å²) in [4.78, 5) is 2.41. The van der Waals surface area contributed by atoms with Crippen molar-refractivity contribution in [1.82, 2.24) is 0 Å². The molecule has 8 aromatic carbocycles. The van der Waals surface area contributed by atoms with Crippen molar-refractivity contribution in [2.45, 2.75) is 19.3 Å². The Morgan fingerprint density at radius 3 is 1.94 bits per heavy atom. The minimum absolute atomic E-state index is 0.0830. The van der Waals surface area contributed by atoms with E-state index in [-0.39, 0.29) is 5.41 Å². The zero-order chi connectivity index (χ0) is 34.1. The molecule has 0 fully saturated rings. The number of hydrogen-bond acceptors (Lipinski definition) is 2. The molecule has 1 nitrogen and oxygen atoms in total. The maximum Gasteiger partial charge on any atom is 0.0467 e. The van der Waals surface area contributed by atoms with Crippen LogP contribution in [0, 0.1) is 0 Å². The van der Waals surface area contributed by atoms with Crippen molar-refractivity contribution in [1.29, 1.82) is 0 Å². The first-order valence-corrected chi connectivity index (χ1v) is 18.5. The number of hydrogen-bond donors (Lipinski definition) is 0. The fourth-order valence-corrected chi connectivity index (χ4v) is 9.32. The standard InChI is InChI=1S/C49H35NS/c1-49(2)45-17-8-6-15-41(45)42-26-25-40(31-46(42)49)50(39-14-10-13-34(28-39)32-11-4-3-5-12-32)38-23-21-33(22-24-38)35-19-20-36-30-48-44(29-37(36)27-35)43-16-7-9-18-47(43)51-48/h3-31H,1-2H3. The van der Waals surface area contributed by atoms with Crippen molar-refractivity contribution in [3.63, 3.8) is 0 Å². The molecule has 0 aliphatic heterocycles. The topological polar surface area (TPSA) is 3.24 Å². The third kappa shape index (κ3) is 4.90. The van der Waals surface area contributed by atoms with Crippen LogP contribution in [0.25, 0.3) is 64.3 Å². The zero-order valence-electron chi connectivity index (χ0n) is 28.6. The Morgan fingerprint density at radius 1 is 0.392 bits per heavy atom. The van der Waals surface area contributed by atoms with Gasteiger partial charge in [-0.15, -0.1) is 11.3 Å². The van der Waals surface area contributed by atoms with Crippen molar-refractivity contribution < 1.29 is 0 Å². The van der Waals surface area contributed by atoms with Crippen molar-refractivity contribution in [3.8, 4) is 33.4 Å². The molecule has 0 amide bonds. The first-order chi connectivity index (χ1) is 25.0. The largest absolute Gasteiger partial charge is 0.310 e. The minimum atomic E-state index is -0.0830. The van der Waals surface area contributed by atoms with Gasteiger partial charge in [0.1, 0.15) is 0 Å². The molecule has 0 saturated heterocycles. The molecule has 0 saturated carbocycles. The predicted molar refractivity (Wildman–Crippen MR) is 220 cm³/mol. The van der Waals surface area contributed by atoms with E-state index in [0.29, 0.717) is 0 Å². The van der Waals surface area contributed by atoms with Gasteiger partial charge >= 0.3 is 0 Å². The van der Waals surface area contributed by atoms with Gasteiger partial charge in [-0.2, -0.15) is 0 Å². The Bertz CT molecular complexity index is 2770. The van der Waals surface area contributed by atoms with Gasteiger partial charge in [0.25, 0.3) is 0 Å². The molecular formula is C49H35NS. The summed E-state index contributed by atoms with van der Waals surface area (Å²) in [5.74, 6) is 0. The monoisotopic (exact) mass is 669 g/mol. The lowest BCUT2D eigenvalue weighted by atomic mass is 9.82. The van der Waals surface area contributed by atoms with Crippen molar-refractivity contribution in [2.75, 3.05) is 4.90 Å². The van der Waals surface area contributed by atoms with Gasteiger partial charge in [0.15, 0.2) is 0 Å². The van der Waals surface area contributed by atoms with E-state index in [0.717, 1.165) is 17.1 Å². The van der Waals surface area contributed by atoms with Crippen LogP contribution in [0.1, 0.15) is 25.0 Å². The molecule has 2 heteroatoms. The zero-order valence-corrected chi connectivity index (χ0v) is 29.4. The van der Waals surface area contributed by atoms with E-state index in [1.54, 1.807) is 0 Å². The lowest BCUT2D eigenvalue weighted by molar-refractivity contribution is 0.660. The maximum atomic E-state index is 2.41. The molecule has 0 atom stereocenters. The van der Waals surface area contributed by atoms with Crippen LogP contribution < -0.4 is 4.90 Å². The summed E-state index contributed by atoms with van der Waals surface area (Å²) in [5.41, 5.74) is 13.6. The number of rotatable bonds is 5. The van der Waals surface area contributed by atoms with E-state index in [9.17, 15) is 0 Å². The highest BCUT2D eigenvalue weighted by Gasteiger charge is 2.35. The summed E-state index contributed by atoms with van der Waals surface area (Å²) >= 11 is 1.88. The molecule has 0 unspecified atom stereocenters. The van der Waals surface area contributed by atoms with Gasteiger partial charge in [-0.1, -0.05) is 129 Å². The molecule has 1 aromatic heterocycles. The third-order valence-electron chi connectivity index (χ3n) is 10.8. The summed E-state index contributed by atoms with van der Waals surface area (Å²) < 4.78 is 2.69. The maximum absolute atomic E-state index is 2.41. The molecule has 1 aliphatic carbocycles. The smallest absolute Gasteiger partial charge is 0.0467 e. The highest BCUT2D eigenvalue weighted by molar-refractivity contribution is 7.25. The normalized spacial score (nSPS) is 13.1. The number of thiophene rings is 1. The number of benzene rings is 8. The van der Waals surface area contributed by atoms with Crippen LogP contribution in [-0.4, -0.2) is 0 Å². The third-order valence-corrected chi connectivity index (χ3v) is 12.0. The number of fused-ring (bicyclic) bond motifs is 7. The summed E-state index contributed by atoms with van der Waals surface area (Å²) in [7, 11) is 0. The van der Waals surface area contributed by atoms with Crippen LogP contribution in [-0.2, 0) is 5.41 Å². The Balaban J connectivity index is 1.08. The summed E-state index contributed by atoms with van der Waals surface area (Å²) in [6.45, 7) is 4.71. The predicted octanol–water partition coefficient (Wildman–Crippen LogP) is 14.3. The van der Waals surface area contributed by atoms with E-state index in [4.69, 9.17) is 0 Å². The molecule has 0 radical (unpaired) electrons. The minimum Gasteiger partial charge on any atom is -0.310 e. The SMILES string of the molecule is CC1(C)c2ccccc2-c2ccc(N(c3ccc(-c4ccc5cc6sc7ccccc7c6cc5c4)cc3)c3cccc(-c4ccccc4)c3)cc21. The Hall–Kier alpha value is -5.96. The average Bonchev–Trinajstić information content (AvgIpc) is 3.65. The molecule has 0 spiro atoms. The molecule has 1 heterocycles. The van der Waals surface area contributed by atoms with Crippen molar-refractivity contribution in [3.05, 3.63) is 187 Å². The molecule has 9 aromatic rings. The summed E-state index contributed by atoms with van der Waals surface area (Å²) in [5, 5.41) is 5.23. The molecule has 242 valence electrons. The number of anilines is 3. The van der Waals surface area contributed by atoms with Gasteiger partial charge in [-0.25, -0.2) is 0 Å².